The van der Waals surface area contributed by atoms with Gasteiger partial charge in [-0.1, -0.05) is 30.7 Å². The molecule has 2 aromatic rings. The number of ether oxygens (including phenoxy) is 1. The lowest BCUT2D eigenvalue weighted by atomic mass is 10.1. The molecule has 3 nitrogen and oxygen atoms in total. The van der Waals surface area contributed by atoms with Crippen LogP contribution in [0.2, 0.25) is 5.02 Å². The highest BCUT2D eigenvalue weighted by molar-refractivity contribution is 6.30. The van der Waals surface area contributed by atoms with Gasteiger partial charge in [-0.15, -0.1) is 0 Å². The van der Waals surface area contributed by atoms with Crippen LogP contribution in [-0.4, -0.2) is 11.1 Å². The van der Waals surface area contributed by atoms with Crippen LogP contribution in [0.5, 0.6) is 11.5 Å². The van der Waals surface area contributed by atoms with Gasteiger partial charge >= 0.3 is 5.97 Å². The molecule has 0 aliphatic rings. The molecule has 0 saturated heterocycles. The Bertz CT molecular complexity index is 677. The lowest BCUT2D eigenvalue weighted by Crippen LogP contribution is -1.91. The zero-order valence-corrected chi connectivity index (χ0v) is 12.3. The summed E-state index contributed by atoms with van der Waals surface area (Å²) in [5, 5.41) is 9.26. The fraction of sp³-hybridized carbons (Fsp3) is 0.118. The van der Waals surface area contributed by atoms with Crippen molar-refractivity contribution in [3.8, 4) is 11.5 Å². The molecule has 0 bridgehead atoms. The van der Waals surface area contributed by atoms with E-state index >= 15 is 0 Å². The Labute approximate surface area is 128 Å². The van der Waals surface area contributed by atoms with Crippen LogP contribution in [0.25, 0.3) is 6.08 Å². The minimum Gasteiger partial charge on any atom is -0.478 e. The number of carbonyl (C=O) groups is 1. The molecular weight excluding hydrogens is 288 g/mol. The van der Waals surface area contributed by atoms with Crippen LogP contribution in [0, 0.1) is 0 Å². The Morgan fingerprint density at radius 3 is 2.81 bits per heavy atom. The van der Waals surface area contributed by atoms with E-state index in [9.17, 15) is 4.79 Å². The predicted molar refractivity (Wildman–Crippen MR) is 84.0 cm³/mol. The average Bonchev–Trinajstić information content (AvgIpc) is 2.46. The van der Waals surface area contributed by atoms with Crippen LogP contribution >= 0.6 is 11.6 Å². The fourth-order valence-corrected chi connectivity index (χ4v) is 2.01. The molecule has 0 atom stereocenters. The molecule has 0 radical (unpaired) electrons. The van der Waals surface area contributed by atoms with Gasteiger partial charge in [0.25, 0.3) is 0 Å². The van der Waals surface area contributed by atoms with Crippen LogP contribution in [0.1, 0.15) is 18.1 Å². The molecule has 0 aliphatic heterocycles. The second kappa shape index (κ2) is 6.95. The molecule has 0 heterocycles. The number of rotatable bonds is 5. The van der Waals surface area contributed by atoms with E-state index in [4.69, 9.17) is 21.4 Å². The van der Waals surface area contributed by atoms with Gasteiger partial charge in [-0.3, -0.25) is 0 Å². The van der Waals surface area contributed by atoms with Gasteiger partial charge in [0.1, 0.15) is 11.5 Å². The van der Waals surface area contributed by atoms with Crippen molar-refractivity contribution in [2.75, 3.05) is 0 Å². The Morgan fingerprint density at radius 2 is 2.10 bits per heavy atom. The van der Waals surface area contributed by atoms with Crippen molar-refractivity contribution in [2.45, 2.75) is 13.3 Å². The molecule has 0 aliphatic carbocycles. The van der Waals surface area contributed by atoms with Crippen LogP contribution in [0.3, 0.4) is 0 Å². The maximum Gasteiger partial charge on any atom is 0.328 e. The van der Waals surface area contributed by atoms with Crippen LogP contribution in [0.15, 0.2) is 48.5 Å². The summed E-state index contributed by atoms with van der Waals surface area (Å²) in [5.41, 5.74) is 1.82. The highest BCUT2D eigenvalue weighted by atomic mass is 35.5. The van der Waals surface area contributed by atoms with E-state index < -0.39 is 5.97 Å². The third-order valence-corrected chi connectivity index (χ3v) is 3.15. The lowest BCUT2D eigenvalue weighted by Gasteiger charge is -2.10. The molecule has 0 spiro atoms. The van der Waals surface area contributed by atoms with Crippen molar-refractivity contribution in [3.63, 3.8) is 0 Å². The van der Waals surface area contributed by atoms with Crippen molar-refractivity contribution in [2.24, 2.45) is 0 Å². The van der Waals surface area contributed by atoms with Crippen LogP contribution in [-0.2, 0) is 11.2 Å². The summed E-state index contributed by atoms with van der Waals surface area (Å²) in [5.74, 6) is 0.207. The maximum absolute atomic E-state index is 10.6. The van der Waals surface area contributed by atoms with Gasteiger partial charge in [0.05, 0.1) is 0 Å². The van der Waals surface area contributed by atoms with Gasteiger partial charge in [0.15, 0.2) is 0 Å². The third kappa shape index (κ3) is 4.36. The first-order valence-electron chi connectivity index (χ1n) is 6.56. The first kappa shape index (κ1) is 15.1. The summed E-state index contributed by atoms with van der Waals surface area (Å²) in [4.78, 5) is 10.6. The van der Waals surface area contributed by atoms with E-state index in [2.05, 4.69) is 6.92 Å². The maximum atomic E-state index is 10.6. The summed E-state index contributed by atoms with van der Waals surface area (Å²) < 4.78 is 5.84. The van der Waals surface area contributed by atoms with E-state index in [1.807, 2.05) is 24.3 Å². The largest absolute Gasteiger partial charge is 0.478 e. The van der Waals surface area contributed by atoms with Gasteiger partial charge in [-0.25, -0.2) is 4.79 Å². The molecular formula is C17H15ClO3. The number of carboxylic acids is 1. The molecule has 0 saturated carbocycles. The molecule has 0 aromatic heterocycles. The fourth-order valence-electron chi connectivity index (χ4n) is 1.85. The molecule has 1 N–H and O–H groups in total. The molecule has 0 unspecified atom stereocenters. The van der Waals surface area contributed by atoms with Crippen molar-refractivity contribution >= 4 is 23.6 Å². The van der Waals surface area contributed by atoms with E-state index in [0.29, 0.717) is 22.1 Å². The lowest BCUT2D eigenvalue weighted by molar-refractivity contribution is -0.131. The highest BCUT2D eigenvalue weighted by Crippen LogP contribution is 2.29. The van der Waals surface area contributed by atoms with Crippen molar-refractivity contribution in [1.29, 1.82) is 0 Å². The molecule has 4 heteroatoms. The number of hydrogen-bond donors (Lipinski definition) is 1. The van der Waals surface area contributed by atoms with E-state index in [0.717, 1.165) is 18.1 Å². The smallest absolute Gasteiger partial charge is 0.328 e. The number of carboxylic acid groups (broad SMARTS) is 1. The summed E-state index contributed by atoms with van der Waals surface area (Å²) in [6.07, 6.45) is 3.47. The summed E-state index contributed by atoms with van der Waals surface area (Å²) in [6.45, 7) is 2.07. The standard InChI is InChI=1S/C17H15ClO3/c1-2-12-4-3-5-15(10-12)21-16-11-14(18)8-6-13(16)7-9-17(19)20/h3-11H,2H2,1H3,(H,19,20)/b9-7+. The highest BCUT2D eigenvalue weighted by Gasteiger charge is 2.05. The molecule has 108 valence electrons. The van der Waals surface area contributed by atoms with Crippen LogP contribution < -0.4 is 4.74 Å². The van der Waals surface area contributed by atoms with E-state index in [1.165, 1.54) is 6.08 Å². The zero-order chi connectivity index (χ0) is 15.2. The Hall–Kier alpha value is -2.26. The first-order valence-corrected chi connectivity index (χ1v) is 6.93. The quantitative estimate of drug-likeness (QED) is 0.808. The van der Waals surface area contributed by atoms with Gasteiger partial charge in [-0.05, 0) is 42.3 Å². The Balaban J connectivity index is 2.33. The van der Waals surface area contributed by atoms with Gasteiger partial charge < -0.3 is 9.84 Å². The van der Waals surface area contributed by atoms with E-state index in [-0.39, 0.29) is 0 Å². The average molecular weight is 303 g/mol. The summed E-state index contributed by atoms with van der Waals surface area (Å²) in [6, 6.07) is 12.8. The normalized spacial score (nSPS) is 10.8. The third-order valence-electron chi connectivity index (χ3n) is 2.92. The minimum absolute atomic E-state index is 0.522. The second-order valence-corrected chi connectivity index (χ2v) is 4.89. The number of aliphatic carboxylic acids is 1. The predicted octanol–water partition coefficient (Wildman–Crippen LogP) is 4.79. The molecule has 2 aromatic carbocycles. The number of halogens is 1. The molecule has 21 heavy (non-hydrogen) atoms. The van der Waals surface area contributed by atoms with Crippen molar-refractivity contribution in [3.05, 3.63) is 64.7 Å². The SMILES string of the molecule is CCc1cccc(Oc2cc(Cl)ccc2/C=C/C(=O)O)c1. The number of benzene rings is 2. The van der Waals surface area contributed by atoms with Crippen molar-refractivity contribution < 1.29 is 14.6 Å². The van der Waals surface area contributed by atoms with Gasteiger partial charge in [0.2, 0.25) is 0 Å². The molecule has 0 amide bonds. The minimum atomic E-state index is -1.01. The summed E-state index contributed by atoms with van der Waals surface area (Å²) >= 11 is 5.98. The first-order chi connectivity index (χ1) is 10.1. The zero-order valence-electron chi connectivity index (χ0n) is 11.5. The Morgan fingerprint density at radius 1 is 1.29 bits per heavy atom. The van der Waals surface area contributed by atoms with E-state index in [1.54, 1.807) is 18.2 Å². The van der Waals surface area contributed by atoms with Crippen molar-refractivity contribution in [1.82, 2.24) is 0 Å². The monoisotopic (exact) mass is 302 g/mol. The molecule has 0 fully saturated rings. The number of hydrogen-bond acceptors (Lipinski definition) is 2. The Kier molecular flexibility index (Phi) is 5.01. The number of aryl methyl sites for hydroxylation is 1. The second-order valence-electron chi connectivity index (χ2n) is 4.46. The molecule has 2 rings (SSSR count). The van der Waals surface area contributed by atoms with Crippen LogP contribution in [0.4, 0.5) is 0 Å². The summed E-state index contributed by atoms with van der Waals surface area (Å²) in [7, 11) is 0. The topological polar surface area (TPSA) is 46.5 Å². The van der Waals surface area contributed by atoms with Gasteiger partial charge in [-0.2, -0.15) is 0 Å². The van der Waals surface area contributed by atoms with Gasteiger partial charge in [0, 0.05) is 22.7 Å².